The SMILES string of the molecule is CCNC(=O)NC(=O)C(C)OC(=O)CSc1ccccc1. The molecule has 0 aliphatic rings. The number of carbonyl (C=O) groups is 3. The fraction of sp³-hybridized carbons (Fsp3) is 0.357. The Labute approximate surface area is 127 Å². The van der Waals surface area contributed by atoms with Crippen molar-refractivity contribution in [2.75, 3.05) is 12.3 Å². The molecule has 0 fully saturated rings. The molecule has 6 nitrogen and oxygen atoms in total. The van der Waals surface area contributed by atoms with Gasteiger partial charge in [0.05, 0.1) is 5.75 Å². The highest BCUT2D eigenvalue weighted by atomic mass is 32.2. The summed E-state index contributed by atoms with van der Waals surface area (Å²) < 4.78 is 4.96. The molecule has 0 saturated carbocycles. The van der Waals surface area contributed by atoms with Crippen molar-refractivity contribution in [3.63, 3.8) is 0 Å². The molecule has 0 aromatic heterocycles. The summed E-state index contributed by atoms with van der Waals surface area (Å²) in [6, 6.07) is 8.78. The van der Waals surface area contributed by atoms with Gasteiger partial charge in [-0.2, -0.15) is 0 Å². The maximum absolute atomic E-state index is 11.6. The predicted octanol–water partition coefficient (Wildman–Crippen LogP) is 1.56. The van der Waals surface area contributed by atoms with Crippen LogP contribution in [0, 0.1) is 0 Å². The van der Waals surface area contributed by atoms with E-state index in [2.05, 4.69) is 10.6 Å². The molecule has 0 aliphatic carbocycles. The summed E-state index contributed by atoms with van der Waals surface area (Å²) in [4.78, 5) is 35.3. The molecular weight excluding hydrogens is 292 g/mol. The van der Waals surface area contributed by atoms with E-state index < -0.39 is 24.0 Å². The molecule has 1 atom stereocenters. The Bertz CT molecular complexity index is 493. The molecule has 114 valence electrons. The Morgan fingerprint density at radius 3 is 2.52 bits per heavy atom. The monoisotopic (exact) mass is 310 g/mol. The van der Waals surface area contributed by atoms with Gasteiger partial charge in [-0.3, -0.25) is 14.9 Å². The van der Waals surface area contributed by atoms with Crippen LogP contribution in [0.15, 0.2) is 35.2 Å². The largest absolute Gasteiger partial charge is 0.452 e. The Morgan fingerprint density at radius 1 is 1.24 bits per heavy atom. The zero-order valence-corrected chi connectivity index (χ0v) is 12.7. The third kappa shape index (κ3) is 6.80. The van der Waals surface area contributed by atoms with Crippen LogP contribution in [-0.4, -0.2) is 36.3 Å². The summed E-state index contributed by atoms with van der Waals surface area (Å²) in [6.45, 7) is 3.55. The number of hydrogen-bond acceptors (Lipinski definition) is 5. The van der Waals surface area contributed by atoms with Crippen molar-refractivity contribution in [3.8, 4) is 0 Å². The first-order valence-electron chi connectivity index (χ1n) is 6.49. The number of carbonyl (C=O) groups excluding carboxylic acids is 3. The van der Waals surface area contributed by atoms with Gasteiger partial charge in [0.25, 0.3) is 5.91 Å². The number of imide groups is 1. The van der Waals surface area contributed by atoms with E-state index in [9.17, 15) is 14.4 Å². The van der Waals surface area contributed by atoms with E-state index in [1.165, 1.54) is 18.7 Å². The number of benzene rings is 1. The van der Waals surface area contributed by atoms with Crippen LogP contribution in [0.25, 0.3) is 0 Å². The van der Waals surface area contributed by atoms with Gasteiger partial charge in [0, 0.05) is 11.4 Å². The Hall–Kier alpha value is -2.02. The molecule has 1 aromatic carbocycles. The molecule has 0 bridgehead atoms. The van der Waals surface area contributed by atoms with Crippen LogP contribution < -0.4 is 10.6 Å². The molecule has 1 unspecified atom stereocenters. The lowest BCUT2D eigenvalue weighted by molar-refractivity contribution is -0.151. The first-order valence-corrected chi connectivity index (χ1v) is 7.47. The molecule has 1 rings (SSSR count). The lowest BCUT2D eigenvalue weighted by Crippen LogP contribution is -2.44. The van der Waals surface area contributed by atoms with Crippen LogP contribution in [0.5, 0.6) is 0 Å². The van der Waals surface area contributed by atoms with Gasteiger partial charge >= 0.3 is 12.0 Å². The second-order valence-electron chi connectivity index (χ2n) is 4.08. The summed E-state index contributed by atoms with van der Waals surface area (Å²) in [5.74, 6) is -1.07. The number of amides is 3. The Balaban J connectivity index is 2.33. The number of urea groups is 1. The van der Waals surface area contributed by atoms with E-state index in [0.717, 1.165) is 4.90 Å². The fourth-order valence-electron chi connectivity index (χ4n) is 1.36. The molecule has 0 heterocycles. The molecule has 0 aliphatic heterocycles. The maximum atomic E-state index is 11.6. The lowest BCUT2D eigenvalue weighted by atomic mass is 10.4. The zero-order valence-electron chi connectivity index (χ0n) is 11.9. The molecule has 1 aromatic rings. The fourth-order valence-corrected chi connectivity index (χ4v) is 2.06. The van der Waals surface area contributed by atoms with E-state index in [-0.39, 0.29) is 5.75 Å². The van der Waals surface area contributed by atoms with Gasteiger partial charge in [-0.05, 0) is 26.0 Å². The number of hydrogen-bond donors (Lipinski definition) is 2. The van der Waals surface area contributed by atoms with Crippen molar-refractivity contribution in [1.29, 1.82) is 0 Å². The standard InChI is InChI=1S/C14H18N2O4S/c1-3-15-14(19)16-13(18)10(2)20-12(17)9-21-11-7-5-4-6-8-11/h4-8,10H,3,9H2,1-2H3,(H2,15,16,18,19). The molecular formula is C14H18N2O4S. The van der Waals surface area contributed by atoms with Gasteiger partial charge in [-0.15, -0.1) is 11.8 Å². The second-order valence-corrected chi connectivity index (χ2v) is 5.13. The number of rotatable bonds is 6. The number of thioether (sulfide) groups is 1. The maximum Gasteiger partial charge on any atom is 0.321 e. The summed E-state index contributed by atoms with van der Waals surface area (Å²) in [5.41, 5.74) is 0. The van der Waals surface area contributed by atoms with Crippen LogP contribution in [0.2, 0.25) is 0 Å². The topological polar surface area (TPSA) is 84.5 Å². The zero-order chi connectivity index (χ0) is 15.7. The summed E-state index contributed by atoms with van der Waals surface area (Å²) in [7, 11) is 0. The van der Waals surface area contributed by atoms with Crippen molar-refractivity contribution in [3.05, 3.63) is 30.3 Å². The van der Waals surface area contributed by atoms with Crippen molar-refractivity contribution in [1.82, 2.24) is 10.6 Å². The molecule has 21 heavy (non-hydrogen) atoms. The quantitative estimate of drug-likeness (QED) is 0.615. The van der Waals surface area contributed by atoms with E-state index in [1.54, 1.807) is 6.92 Å². The van der Waals surface area contributed by atoms with E-state index in [4.69, 9.17) is 4.74 Å². The predicted molar refractivity (Wildman–Crippen MR) is 79.9 cm³/mol. The van der Waals surface area contributed by atoms with E-state index in [0.29, 0.717) is 6.54 Å². The molecule has 2 N–H and O–H groups in total. The third-order valence-corrected chi connectivity index (χ3v) is 3.34. The van der Waals surface area contributed by atoms with Crippen LogP contribution in [0.3, 0.4) is 0 Å². The van der Waals surface area contributed by atoms with Crippen molar-refractivity contribution in [2.24, 2.45) is 0 Å². The first-order chi connectivity index (χ1) is 10.0. The smallest absolute Gasteiger partial charge is 0.321 e. The summed E-state index contributed by atoms with van der Waals surface area (Å²) in [6.07, 6.45) is -1.02. The van der Waals surface area contributed by atoms with Crippen molar-refractivity contribution in [2.45, 2.75) is 24.8 Å². The highest BCUT2D eigenvalue weighted by Gasteiger charge is 2.19. The molecule has 0 saturated heterocycles. The molecule has 3 amide bonds. The van der Waals surface area contributed by atoms with Gasteiger partial charge < -0.3 is 10.1 Å². The average Bonchev–Trinajstić information content (AvgIpc) is 2.46. The van der Waals surface area contributed by atoms with Gasteiger partial charge in [0.1, 0.15) is 0 Å². The van der Waals surface area contributed by atoms with E-state index >= 15 is 0 Å². The first kappa shape index (κ1) is 17.0. The number of nitrogens with one attached hydrogen (secondary N) is 2. The highest BCUT2D eigenvalue weighted by molar-refractivity contribution is 8.00. The third-order valence-electron chi connectivity index (χ3n) is 2.35. The van der Waals surface area contributed by atoms with Crippen LogP contribution in [-0.2, 0) is 14.3 Å². The molecule has 0 spiro atoms. The van der Waals surface area contributed by atoms with Gasteiger partial charge in [-0.25, -0.2) is 4.79 Å². The number of esters is 1. The normalized spacial score (nSPS) is 11.3. The Kier molecular flexibility index (Phi) is 7.31. The van der Waals surface area contributed by atoms with Gasteiger partial charge in [0.2, 0.25) is 0 Å². The Morgan fingerprint density at radius 2 is 1.90 bits per heavy atom. The highest BCUT2D eigenvalue weighted by Crippen LogP contribution is 2.17. The van der Waals surface area contributed by atoms with Crippen molar-refractivity contribution < 1.29 is 19.1 Å². The van der Waals surface area contributed by atoms with E-state index in [1.807, 2.05) is 30.3 Å². The molecule has 7 heteroatoms. The minimum absolute atomic E-state index is 0.1000. The summed E-state index contributed by atoms with van der Waals surface area (Å²) >= 11 is 1.32. The van der Waals surface area contributed by atoms with Crippen LogP contribution in [0.4, 0.5) is 4.79 Å². The van der Waals surface area contributed by atoms with Gasteiger partial charge in [-0.1, -0.05) is 18.2 Å². The van der Waals surface area contributed by atoms with Crippen molar-refractivity contribution >= 4 is 29.7 Å². The molecule has 0 radical (unpaired) electrons. The summed E-state index contributed by atoms with van der Waals surface area (Å²) in [5, 5.41) is 4.50. The number of ether oxygens (including phenoxy) is 1. The lowest BCUT2D eigenvalue weighted by Gasteiger charge is -2.12. The van der Waals surface area contributed by atoms with Crippen LogP contribution >= 0.6 is 11.8 Å². The minimum atomic E-state index is -1.02. The average molecular weight is 310 g/mol. The second kappa shape index (κ2) is 9.02. The minimum Gasteiger partial charge on any atom is -0.452 e. The van der Waals surface area contributed by atoms with Gasteiger partial charge in [0.15, 0.2) is 6.10 Å². The van der Waals surface area contributed by atoms with Crippen LogP contribution in [0.1, 0.15) is 13.8 Å².